The molecule has 0 aromatic heterocycles. The number of carboxylic acids is 1. The second-order valence-corrected chi connectivity index (χ2v) is 6.69. The summed E-state index contributed by atoms with van der Waals surface area (Å²) >= 11 is 0. The largest absolute Gasteiger partial charge is 0.489 e. The maximum absolute atomic E-state index is 12.0. The number of aliphatic carboxylic acids is 1. The third-order valence-corrected chi connectivity index (χ3v) is 4.66. The molecule has 3 rings (SSSR count). The Bertz CT molecular complexity index is 906. The van der Waals surface area contributed by atoms with Crippen molar-refractivity contribution in [1.82, 2.24) is 0 Å². The molecule has 1 unspecified atom stereocenters. The molecule has 0 saturated heterocycles. The second-order valence-electron chi connectivity index (χ2n) is 6.69. The van der Waals surface area contributed by atoms with Gasteiger partial charge in [-0.05, 0) is 41.3 Å². The van der Waals surface area contributed by atoms with Crippen LogP contribution in [0, 0.1) is 6.92 Å². The van der Waals surface area contributed by atoms with Crippen molar-refractivity contribution in [2.24, 2.45) is 5.73 Å². The summed E-state index contributed by atoms with van der Waals surface area (Å²) < 4.78 is 5.78. The molecular formula is C23H23NO3. The van der Waals surface area contributed by atoms with Crippen molar-refractivity contribution >= 4 is 5.97 Å². The van der Waals surface area contributed by atoms with Gasteiger partial charge in [-0.1, -0.05) is 66.7 Å². The van der Waals surface area contributed by atoms with E-state index < -0.39 is 11.5 Å². The van der Waals surface area contributed by atoms with Crippen LogP contribution < -0.4 is 10.5 Å². The lowest BCUT2D eigenvalue weighted by atomic mass is 9.82. The van der Waals surface area contributed by atoms with Gasteiger partial charge >= 0.3 is 5.97 Å². The van der Waals surface area contributed by atoms with Crippen LogP contribution in [-0.2, 0) is 23.4 Å². The fraction of sp³-hybridized carbons (Fsp3) is 0.174. The highest BCUT2D eigenvalue weighted by Crippen LogP contribution is 2.27. The molecule has 0 bridgehead atoms. The molecular weight excluding hydrogens is 338 g/mol. The van der Waals surface area contributed by atoms with Gasteiger partial charge in [-0.15, -0.1) is 0 Å². The van der Waals surface area contributed by atoms with E-state index in [9.17, 15) is 9.90 Å². The molecule has 3 aromatic rings. The van der Waals surface area contributed by atoms with Gasteiger partial charge in [-0.2, -0.15) is 0 Å². The highest BCUT2D eigenvalue weighted by Gasteiger charge is 2.37. The van der Waals surface area contributed by atoms with Crippen LogP contribution in [0.4, 0.5) is 0 Å². The minimum absolute atomic E-state index is 0.201. The van der Waals surface area contributed by atoms with Crippen LogP contribution in [0.25, 0.3) is 0 Å². The molecule has 0 saturated carbocycles. The maximum Gasteiger partial charge on any atom is 0.328 e. The first kappa shape index (κ1) is 18.7. The first-order valence-corrected chi connectivity index (χ1v) is 8.83. The fourth-order valence-corrected chi connectivity index (χ4v) is 3.13. The molecule has 0 amide bonds. The number of hydrogen-bond acceptors (Lipinski definition) is 3. The van der Waals surface area contributed by atoms with E-state index in [1.54, 1.807) is 6.07 Å². The van der Waals surface area contributed by atoms with E-state index >= 15 is 0 Å². The number of carboxylic acid groups (broad SMARTS) is 1. The van der Waals surface area contributed by atoms with Gasteiger partial charge in [0.05, 0.1) is 0 Å². The Hall–Kier alpha value is -3.11. The van der Waals surface area contributed by atoms with Crippen molar-refractivity contribution in [2.45, 2.75) is 25.5 Å². The number of carbonyl (C=O) groups is 1. The number of aryl methyl sites for hydroxylation is 1. The lowest BCUT2D eigenvalue weighted by Gasteiger charge is -2.27. The molecule has 1 atom stereocenters. The molecule has 27 heavy (non-hydrogen) atoms. The average molecular weight is 361 g/mol. The monoisotopic (exact) mass is 361 g/mol. The summed E-state index contributed by atoms with van der Waals surface area (Å²) in [7, 11) is 0. The van der Waals surface area contributed by atoms with Crippen LogP contribution in [0.15, 0.2) is 78.9 Å². The zero-order valence-electron chi connectivity index (χ0n) is 15.3. The SMILES string of the molecule is Cc1ccccc1C(N)(Cc1ccc(OCc2ccccc2)cc1)C(=O)O. The molecule has 0 aliphatic rings. The minimum atomic E-state index is -1.47. The predicted octanol–water partition coefficient (Wildman–Crippen LogP) is 4.06. The van der Waals surface area contributed by atoms with Gasteiger partial charge in [-0.25, -0.2) is 4.79 Å². The maximum atomic E-state index is 12.0. The summed E-state index contributed by atoms with van der Waals surface area (Å²) in [6.45, 7) is 2.36. The van der Waals surface area contributed by atoms with E-state index in [1.807, 2.05) is 79.7 Å². The molecule has 0 aliphatic heterocycles. The summed E-state index contributed by atoms with van der Waals surface area (Å²) in [6, 6.07) is 24.7. The number of hydrogen-bond donors (Lipinski definition) is 2. The smallest absolute Gasteiger partial charge is 0.328 e. The lowest BCUT2D eigenvalue weighted by Crippen LogP contribution is -2.47. The van der Waals surface area contributed by atoms with E-state index in [0.717, 1.165) is 22.4 Å². The molecule has 4 heteroatoms. The summed E-state index contributed by atoms with van der Waals surface area (Å²) in [4.78, 5) is 12.0. The van der Waals surface area contributed by atoms with E-state index in [2.05, 4.69) is 0 Å². The van der Waals surface area contributed by atoms with Gasteiger partial charge in [-0.3, -0.25) is 0 Å². The van der Waals surface area contributed by atoms with Gasteiger partial charge in [0.15, 0.2) is 0 Å². The predicted molar refractivity (Wildman–Crippen MR) is 106 cm³/mol. The highest BCUT2D eigenvalue weighted by molar-refractivity contribution is 5.81. The third kappa shape index (κ3) is 4.36. The number of ether oxygens (including phenoxy) is 1. The zero-order chi connectivity index (χ0) is 19.3. The Balaban J connectivity index is 1.74. The lowest BCUT2D eigenvalue weighted by molar-refractivity contribution is -0.143. The topological polar surface area (TPSA) is 72.5 Å². The molecule has 0 heterocycles. The van der Waals surface area contributed by atoms with Crippen molar-refractivity contribution in [3.05, 3.63) is 101 Å². The Morgan fingerprint density at radius 1 is 0.926 bits per heavy atom. The van der Waals surface area contributed by atoms with Gasteiger partial charge in [0.2, 0.25) is 0 Å². The van der Waals surface area contributed by atoms with E-state index in [0.29, 0.717) is 12.2 Å². The minimum Gasteiger partial charge on any atom is -0.489 e. The van der Waals surface area contributed by atoms with Gasteiger partial charge < -0.3 is 15.6 Å². The first-order chi connectivity index (χ1) is 13.0. The average Bonchev–Trinajstić information content (AvgIpc) is 2.68. The molecule has 0 radical (unpaired) electrons. The summed E-state index contributed by atoms with van der Waals surface area (Å²) in [5, 5.41) is 9.79. The van der Waals surface area contributed by atoms with Crippen LogP contribution in [0.2, 0.25) is 0 Å². The van der Waals surface area contributed by atoms with Crippen LogP contribution in [-0.4, -0.2) is 11.1 Å². The first-order valence-electron chi connectivity index (χ1n) is 8.83. The van der Waals surface area contributed by atoms with Crippen molar-refractivity contribution in [1.29, 1.82) is 0 Å². The van der Waals surface area contributed by atoms with Crippen molar-refractivity contribution in [2.75, 3.05) is 0 Å². The third-order valence-electron chi connectivity index (χ3n) is 4.66. The number of benzene rings is 3. The number of rotatable bonds is 7. The van der Waals surface area contributed by atoms with Crippen LogP contribution in [0.3, 0.4) is 0 Å². The standard InChI is InChI=1S/C23H23NO3/c1-17-7-5-6-10-21(17)23(24,22(25)26)15-18-11-13-20(14-12-18)27-16-19-8-3-2-4-9-19/h2-14H,15-16,24H2,1H3,(H,25,26). The van der Waals surface area contributed by atoms with Crippen LogP contribution >= 0.6 is 0 Å². The fourth-order valence-electron chi connectivity index (χ4n) is 3.13. The van der Waals surface area contributed by atoms with E-state index in [-0.39, 0.29) is 6.42 Å². The van der Waals surface area contributed by atoms with E-state index in [1.165, 1.54) is 0 Å². The van der Waals surface area contributed by atoms with Crippen LogP contribution in [0.1, 0.15) is 22.3 Å². The molecule has 3 aromatic carbocycles. The molecule has 0 spiro atoms. The summed E-state index contributed by atoms with van der Waals surface area (Å²) in [5.41, 5.74) is 8.29. The van der Waals surface area contributed by atoms with Crippen molar-refractivity contribution < 1.29 is 14.6 Å². The normalized spacial score (nSPS) is 13.0. The highest BCUT2D eigenvalue weighted by atomic mass is 16.5. The van der Waals surface area contributed by atoms with Crippen molar-refractivity contribution in [3.63, 3.8) is 0 Å². The summed E-state index contributed by atoms with van der Waals surface area (Å²) in [6.07, 6.45) is 0.201. The Labute approximate surface area is 159 Å². The Morgan fingerprint density at radius 2 is 1.56 bits per heavy atom. The second kappa shape index (κ2) is 8.06. The molecule has 0 fully saturated rings. The van der Waals surface area contributed by atoms with Crippen molar-refractivity contribution in [3.8, 4) is 5.75 Å². The summed E-state index contributed by atoms with van der Waals surface area (Å²) in [5.74, 6) is -0.308. The van der Waals surface area contributed by atoms with Gasteiger partial charge in [0.25, 0.3) is 0 Å². The van der Waals surface area contributed by atoms with Gasteiger partial charge in [0, 0.05) is 6.42 Å². The van der Waals surface area contributed by atoms with Gasteiger partial charge in [0.1, 0.15) is 17.9 Å². The Kier molecular flexibility index (Phi) is 5.57. The molecule has 3 N–H and O–H groups in total. The molecule has 0 aliphatic carbocycles. The quantitative estimate of drug-likeness (QED) is 0.666. The van der Waals surface area contributed by atoms with Crippen LogP contribution in [0.5, 0.6) is 5.75 Å². The molecule has 4 nitrogen and oxygen atoms in total. The molecule has 138 valence electrons. The zero-order valence-corrected chi connectivity index (χ0v) is 15.3. The number of nitrogens with two attached hydrogens (primary N) is 1. The Morgan fingerprint density at radius 3 is 2.19 bits per heavy atom. The van der Waals surface area contributed by atoms with E-state index in [4.69, 9.17) is 10.5 Å².